The van der Waals surface area contributed by atoms with Crippen molar-refractivity contribution in [2.75, 3.05) is 11.9 Å². The third-order valence-electron chi connectivity index (χ3n) is 5.17. The first-order chi connectivity index (χ1) is 14.0. The topological polar surface area (TPSA) is 90.9 Å². The molecular formula is C21H21N5O3. The Morgan fingerprint density at radius 1 is 1.03 bits per heavy atom. The number of nitrogens with zero attached hydrogens (tertiary/aromatic N) is 4. The second-order valence-electron chi connectivity index (χ2n) is 6.93. The molecule has 4 aromatic rings. The van der Waals surface area contributed by atoms with Crippen molar-refractivity contribution < 1.29 is 0 Å². The molecule has 0 saturated carbocycles. The average Bonchev–Trinajstić information content (AvgIpc) is 3.32. The molecule has 0 aliphatic heterocycles. The van der Waals surface area contributed by atoms with Gasteiger partial charge in [0.1, 0.15) is 0 Å². The Morgan fingerprint density at radius 2 is 1.79 bits per heavy atom. The second-order valence-corrected chi connectivity index (χ2v) is 6.93. The number of hydrogen-bond acceptors (Lipinski definition) is 5. The van der Waals surface area contributed by atoms with Crippen LogP contribution in [0.5, 0.6) is 0 Å². The number of rotatable bonds is 7. The van der Waals surface area contributed by atoms with Crippen molar-refractivity contribution in [3.05, 3.63) is 85.5 Å². The van der Waals surface area contributed by atoms with Crippen molar-refractivity contribution in [1.82, 2.24) is 18.9 Å². The van der Waals surface area contributed by atoms with Crippen LogP contribution in [-0.4, -0.2) is 25.5 Å². The monoisotopic (exact) mass is 391 g/mol. The molecule has 4 rings (SSSR count). The molecule has 0 fully saturated rings. The molecule has 29 heavy (non-hydrogen) atoms. The summed E-state index contributed by atoms with van der Waals surface area (Å²) in [4.78, 5) is 41.6. The number of para-hydroxylation sites is 1. The summed E-state index contributed by atoms with van der Waals surface area (Å²) in [6, 6.07) is 9.19. The Balaban J connectivity index is 1.64. The van der Waals surface area contributed by atoms with Crippen LogP contribution in [0, 0.1) is 6.92 Å². The predicted molar refractivity (Wildman–Crippen MR) is 111 cm³/mol. The van der Waals surface area contributed by atoms with E-state index >= 15 is 0 Å². The minimum atomic E-state index is -0.617. The van der Waals surface area contributed by atoms with Crippen molar-refractivity contribution >= 4 is 5.69 Å². The molecular weight excluding hydrogens is 370 g/mol. The van der Waals surface area contributed by atoms with E-state index in [2.05, 4.69) is 10.3 Å². The van der Waals surface area contributed by atoms with Gasteiger partial charge in [-0.05, 0) is 25.5 Å². The Bertz CT molecular complexity index is 1270. The first-order valence-corrected chi connectivity index (χ1v) is 9.38. The molecule has 8 heteroatoms. The van der Waals surface area contributed by atoms with Crippen LogP contribution >= 0.6 is 0 Å². The van der Waals surface area contributed by atoms with Gasteiger partial charge in [-0.2, -0.15) is 0 Å². The number of benzene rings is 1. The maximum atomic E-state index is 13.1. The normalized spacial score (nSPS) is 11.2. The van der Waals surface area contributed by atoms with E-state index in [1.165, 1.54) is 4.68 Å². The van der Waals surface area contributed by atoms with E-state index < -0.39 is 10.9 Å². The maximum Gasteiger partial charge on any atom is 0.279 e. The van der Waals surface area contributed by atoms with Gasteiger partial charge in [0.15, 0.2) is 0 Å². The lowest BCUT2D eigenvalue weighted by Crippen LogP contribution is -2.38. The van der Waals surface area contributed by atoms with Gasteiger partial charge in [-0.15, -0.1) is 0 Å². The van der Waals surface area contributed by atoms with Crippen LogP contribution in [0.1, 0.15) is 12.1 Å². The SMILES string of the molecule is Cc1c(-c2c(NCCCn3ccnc3)c(=O)c2=O)c(=O)n(-c2ccccc2)n1C. The standard InChI is InChI=1S/C21H21N5O3/c1-14-16(21(29)26(24(14)2)15-7-4-3-5-8-15)17-18(20(28)19(17)27)23-9-6-11-25-12-10-22-13-25/h3-5,7-8,10,12-13,23H,6,9,11H2,1-2H3. The summed E-state index contributed by atoms with van der Waals surface area (Å²) in [5, 5.41) is 3.05. The summed E-state index contributed by atoms with van der Waals surface area (Å²) in [5.74, 6) is 0. The quantitative estimate of drug-likeness (QED) is 0.380. The van der Waals surface area contributed by atoms with Gasteiger partial charge in [-0.1, -0.05) is 18.2 Å². The molecule has 2 heterocycles. The highest BCUT2D eigenvalue weighted by atomic mass is 16.2. The number of anilines is 1. The zero-order chi connectivity index (χ0) is 20.5. The Labute approximate surface area is 166 Å². The highest BCUT2D eigenvalue weighted by molar-refractivity contribution is 5.83. The van der Waals surface area contributed by atoms with E-state index in [0.29, 0.717) is 17.9 Å². The zero-order valence-corrected chi connectivity index (χ0v) is 16.3. The van der Waals surface area contributed by atoms with Crippen LogP contribution in [-0.2, 0) is 13.6 Å². The minimum absolute atomic E-state index is 0.186. The van der Waals surface area contributed by atoms with Gasteiger partial charge in [0, 0.05) is 38.2 Å². The van der Waals surface area contributed by atoms with Gasteiger partial charge >= 0.3 is 0 Å². The van der Waals surface area contributed by atoms with Crippen LogP contribution in [0.25, 0.3) is 16.8 Å². The highest BCUT2D eigenvalue weighted by Gasteiger charge is 2.28. The fourth-order valence-corrected chi connectivity index (χ4v) is 3.55. The molecule has 2 aromatic carbocycles. The van der Waals surface area contributed by atoms with E-state index in [0.717, 1.165) is 13.0 Å². The second kappa shape index (κ2) is 7.38. The van der Waals surface area contributed by atoms with E-state index in [4.69, 9.17) is 0 Å². The van der Waals surface area contributed by atoms with E-state index in [1.807, 2.05) is 41.1 Å². The molecule has 0 bridgehead atoms. The van der Waals surface area contributed by atoms with Crippen molar-refractivity contribution in [3.8, 4) is 16.8 Å². The largest absolute Gasteiger partial charge is 0.381 e. The number of nitrogens with one attached hydrogen (secondary N) is 1. The summed E-state index contributed by atoms with van der Waals surface area (Å²) in [6.45, 7) is 3.02. The smallest absolute Gasteiger partial charge is 0.279 e. The molecule has 0 radical (unpaired) electrons. The summed E-state index contributed by atoms with van der Waals surface area (Å²) in [6.07, 6.45) is 6.04. The molecule has 0 amide bonds. The third-order valence-corrected chi connectivity index (χ3v) is 5.17. The lowest BCUT2D eigenvalue weighted by Gasteiger charge is -2.12. The van der Waals surface area contributed by atoms with Gasteiger partial charge in [0.05, 0.1) is 28.8 Å². The lowest BCUT2D eigenvalue weighted by atomic mass is 9.99. The van der Waals surface area contributed by atoms with Gasteiger partial charge in [-0.3, -0.25) is 19.1 Å². The van der Waals surface area contributed by atoms with Gasteiger partial charge < -0.3 is 9.88 Å². The molecule has 0 saturated heterocycles. The van der Waals surface area contributed by atoms with E-state index in [-0.39, 0.29) is 22.4 Å². The highest BCUT2D eigenvalue weighted by Crippen LogP contribution is 2.25. The summed E-state index contributed by atoms with van der Waals surface area (Å²) in [7, 11) is 1.76. The average molecular weight is 391 g/mol. The van der Waals surface area contributed by atoms with E-state index in [1.54, 1.807) is 31.2 Å². The Morgan fingerprint density at radius 3 is 2.48 bits per heavy atom. The summed E-state index contributed by atoms with van der Waals surface area (Å²) < 4.78 is 5.14. The van der Waals surface area contributed by atoms with Crippen LogP contribution in [0.4, 0.5) is 5.69 Å². The van der Waals surface area contributed by atoms with Crippen LogP contribution in [0.2, 0.25) is 0 Å². The predicted octanol–water partition coefficient (Wildman–Crippen LogP) is 1.45. The number of hydrogen-bond donors (Lipinski definition) is 1. The van der Waals surface area contributed by atoms with Gasteiger partial charge in [0.2, 0.25) is 10.9 Å². The lowest BCUT2D eigenvalue weighted by molar-refractivity contribution is 0.630. The summed E-state index contributed by atoms with van der Waals surface area (Å²) in [5.41, 5.74) is 0.514. The molecule has 148 valence electrons. The molecule has 1 N–H and O–H groups in total. The van der Waals surface area contributed by atoms with Gasteiger partial charge in [-0.25, -0.2) is 9.67 Å². The minimum Gasteiger partial charge on any atom is -0.381 e. The van der Waals surface area contributed by atoms with Crippen molar-refractivity contribution in [1.29, 1.82) is 0 Å². The first-order valence-electron chi connectivity index (χ1n) is 9.38. The first kappa shape index (κ1) is 18.7. The molecule has 0 atom stereocenters. The zero-order valence-electron chi connectivity index (χ0n) is 16.3. The van der Waals surface area contributed by atoms with E-state index in [9.17, 15) is 14.4 Å². The number of aromatic nitrogens is 4. The number of aryl methyl sites for hydroxylation is 1. The van der Waals surface area contributed by atoms with Crippen molar-refractivity contribution in [3.63, 3.8) is 0 Å². The molecule has 0 aliphatic rings. The number of imidazole rings is 1. The summed E-state index contributed by atoms with van der Waals surface area (Å²) >= 11 is 0. The van der Waals surface area contributed by atoms with Crippen LogP contribution in [0.3, 0.4) is 0 Å². The van der Waals surface area contributed by atoms with Crippen molar-refractivity contribution in [2.45, 2.75) is 19.9 Å². The Kier molecular flexibility index (Phi) is 4.75. The fourth-order valence-electron chi connectivity index (χ4n) is 3.55. The molecule has 2 aromatic heterocycles. The molecule has 0 spiro atoms. The van der Waals surface area contributed by atoms with Gasteiger partial charge in [0.25, 0.3) is 5.56 Å². The third kappa shape index (κ3) is 3.12. The molecule has 0 unspecified atom stereocenters. The fraction of sp³-hybridized carbons (Fsp3) is 0.238. The maximum absolute atomic E-state index is 13.1. The molecule has 0 aliphatic carbocycles. The molecule has 8 nitrogen and oxygen atoms in total. The van der Waals surface area contributed by atoms with Crippen LogP contribution < -0.4 is 21.7 Å². The van der Waals surface area contributed by atoms with Crippen LogP contribution in [0.15, 0.2) is 63.4 Å². The van der Waals surface area contributed by atoms with Crippen molar-refractivity contribution in [2.24, 2.45) is 7.05 Å². The Hall–Kier alpha value is -3.68.